The van der Waals surface area contributed by atoms with Crippen LogP contribution in [0.3, 0.4) is 0 Å². The van der Waals surface area contributed by atoms with Gasteiger partial charge in [-0.1, -0.05) is 6.92 Å². The number of hydrogen-bond acceptors (Lipinski definition) is 2. The van der Waals surface area contributed by atoms with Gasteiger partial charge >= 0.3 is 0 Å². The molecule has 0 aromatic heterocycles. The second-order valence-corrected chi connectivity index (χ2v) is 5.33. The molecule has 0 atom stereocenters. The predicted molar refractivity (Wildman–Crippen MR) is 71.3 cm³/mol. The molecule has 4 heteroatoms. The average molecular weight is 269 g/mol. The highest BCUT2D eigenvalue weighted by Gasteiger charge is 2.17. The molecule has 0 bridgehead atoms. The van der Waals surface area contributed by atoms with Crippen molar-refractivity contribution in [2.45, 2.75) is 38.6 Å². The van der Waals surface area contributed by atoms with Crippen molar-refractivity contribution in [3.05, 3.63) is 29.8 Å². The van der Waals surface area contributed by atoms with E-state index in [1.54, 1.807) is 0 Å². The van der Waals surface area contributed by atoms with E-state index in [4.69, 9.17) is 4.74 Å². The van der Waals surface area contributed by atoms with Crippen LogP contribution in [-0.2, 0) is 0 Å². The van der Waals surface area contributed by atoms with E-state index in [-0.39, 0.29) is 5.75 Å². The first kappa shape index (κ1) is 14.3. The Morgan fingerprint density at radius 3 is 2.63 bits per heavy atom. The number of halogens is 2. The zero-order valence-corrected chi connectivity index (χ0v) is 11.3. The summed E-state index contributed by atoms with van der Waals surface area (Å²) in [6.07, 6.45) is 4.94. The second kappa shape index (κ2) is 6.85. The summed E-state index contributed by atoms with van der Waals surface area (Å²) in [5.41, 5.74) is 0. The van der Waals surface area contributed by atoms with Gasteiger partial charge in [0.1, 0.15) is 12.4 Å². The maximum Gasteiger partial charge on any atom is 0.167 e. The summed E-state index contributed by atoms with van der Waals surface area (Å²) in [5.74, 6) is -0.283. The third-order valence-corrected chi connectivity index (χ3v) is 3.70. The van der Waals surface area contributed by atoms with Gasteiger partial charge < -0.3 is 10.1 Å². The standard InChI is InChI=1S/C15H21F2NO/c1-11-2-5-13(6-3-11)18-8-9-19-15-7-4-12(16)10-14(15)17/h4,7,10-11,13,18H,2-3,5-6,8-9H2,1H3. The van der Waals surface area contributed by atoms with Gasteiger partial charge in [0, 0.05) is 18.7 Å². The van der Waals surface area contributed by atoms with Crippen molar-refractivity contribution in [1.29, 1.82) is 0 Å². The fourth-order valence-electron chi connectivity index (χ4n) is 2.48. The van der Waals surface area contributed by atoms with Crippen LogP contribution in [0.2, 0.25) is 0 Å². The highest BCUT2D eigenvalue weighted by molar-refractivity contribution is 5.24. The number of rotatable bonds is 5. The van der Waals surface area contributed by atoms with Crippen molar-refractivity contribution in [1.82, 2.24) is 5.32 Å². The fourth-order valence-corrected chi connectivity index (χ4v) is 2.48. The van der Waals surface area contributed by atoms with Crippen molar-refractivity contribution in [3.8, 4) is 5.75 Å². The van der Waals surface area contributed by atoms with Crippen molar-refractivity contribution < 1.29 is 13.5 Å². The van der Waals surface area contributed by atoms with Gasteiger partial charge in [-0.25, -0.2) is 8.78 Å². The molecule has 2 rings (SSSR count). The van der Waals surface area contributed by atoms with E-state index in [0.29, 0.717) is 19.2 Å². The molecule has 1 fully saturated rings. The first-order chi connectivity index (χ1) is 9.15. The number of ether oxygens (including phenoxy) is 1. The lowest BCUT2D eigenvalue weighted by molar-refractivity contribution is 0.263. The summed E-state index contributed by atoms with van der Waals surface area (Å²) in [4.78, 5) is 0. The van der Waals surface area contributed by atoms with Gasteiger partial charge in [0.25, 0.3) is 0 Å². The Balaban J connectivity index is 1.66. The van der Waals surface area contributed by atoms with Crippen molar-refractivity contribution in [2.24, 2.45) is 5.92 Å². The van der Waals surface area contributed by atoms with Crippen molar-refractivity contribution in [3.63, 3.8) is 0 Å². The summed E-state index contributed by atoms with van der Waals surface area (Å²) in [6.45, 7) is 3.38. The second-order valence-electron chi connectivity index (χ2n) is 5.33. The molecule has 0 aliphatic heterocycles. The van der Waals surface area contributed by atoms with Crippen LogP contribution in [0.4, 0.5) is 8.78 Å². The lowest BCUT2D eigenvalue weighted by Crippen LogP contribution is -2.35. The van der Waals surface area contributed by atoms with Crippen LogP contribution in [0, 0.1) is 17.6 Å². The van der Waals surface area contributed by atoms with E-state index >= 15 is 0 Å². The van der Waals surface area contributed by atoms with Crippen LogP contribution < -0.4 is 10.1 Å². The van der Waals surface area contributed by atoms with Gasteiger partial charge in [-0.05, 0) is 43.7 Å². The fraction of sp³-hybridized carbons (Fsp3) is 0.600. The molecule has 0 heterocycles. The van der Waals surface area contributed by atoms with E-state index in [2.05, 4.69) is 12.2 Å². The van der Waals surface area contributed by atoms with Crippen LogP contribution in [-0.4, -0.2) is 19.2 Å². The molecule has 1 saturated carbocycles. The Labute approximate surface area is 113 Å². The van der Waals surface area contributed by atoms with Crippen LogP contribution in [0.15, 0.2) is 18.2 Å². The van der Waals surface area contributed by atoms with E-state index in [9.17, 15) is 8.78 Å². The highest BCUT2D eigenvalue weighted by Crippen LogP contribution is 2.23. The molecule has 1 aromatic carbocycles. The maximum absolute atomic E-state index is 13.3. The summed E-state index contributed by atoms with van der Waals surface area (Å²) in [5, 5.41) is 3.42. The molecule has 0 amide bonds. The highest BCUT2D eigenvalue weighted by atomic mass is 19.1. The summed E-state index contributed by atoms with van der Waals surface area (Å²) >= 11 is 0. The van der Waals surface area contributed by atoms with E-state index in [1.165, 1.54) is 37.8 Å². The lowest BCUT2D eigenvalue weighted by atomic mass is 9.87. The first-order valence-corrected chi connectivity index (χ1v) is 6.96. The molecular weight excluding hydrogens is 248 g/mol. The average Bonchev–Trinajstić information content (AvgIpc) is 2.39. The summed E-state index contributed by atoms with van der Waals surface area (Å²) < 4.78 is 31.3. The summed E-state index contributed by atoms with van der Waals surface area (Å²) in [7, 11) is 0. The molecule has 0 saturated heterocycles. The Morgan fingerprint density at radius 2 is 1.95 bits per heavy atom. The van der Waals surface area contributed by atoms with Crippen LogP contribution in [0.25, 0.3) is 0 Å². The topological polar surface area (TPSA) is 21.3 Å². The van der Waals surface area contributed by atoms with Gasteiger partial charge in [0.2, 0.25) is 0 Å². The van der Waals surface area contributed by atoms with Gasteiger partial charge in [0.05, 0.1) is 0 Å². The zero-order valence-electron chi connectivity index (χ0n) is 11.3. The summed E-state index contributed by atoms with van der Waals surface area (Å²) in [6, 6.07) is 3.92. The lowest BCUT2D eigenvalue weighted by Gasteiger charge is -2.27. The molecule has 1 N–H and O–H groups in total. The molecule has 19 heavy (non-hydrogen) atoms. The van der Waals surface area contributed by atoms with Gasteiger partial charge in [0.15, 0.2) is 11.6 Å². The molecule has 1 aliphatic rings. The van der Waals surface area contributed by atoms with Crippen LogP contribution >= 0.6 is 0 Å². The third-order valence-electron chi connectivity index (χ3n) is 3.70. The molecule has 2 nitrogen and oxygen atoms in total. The molecular formula is C15H21F2NO. The van der Waals surface area contributed by atoms with Crippen LogP contribution in [0.5, 0.6) is 5.75 Å². The minimum absolute atomic E-state index is 0.112. The molecule has 0 radical (unpaired) electrons. The Bertz CT molecular complexity index is 403. The zero-order chi connectivity index (χ0) is 13.7. The minimum Gasteiger partial charge on any atom is -0.489 e. The Kier molecular flexibility index (Phi) is 5.14. The van der Waals surface area contributed by atoms with E-state index in [1.807, 2.05) is 0 Å². The van der Waals surface area contributed by atoms with Crippen molar-refractivity contribution >= 4 is 0 Å². The monoisotopic (exact) mass is 269 g/mol. The SMILES string of the molecule is CC1CCC(NCCOc2ccc(F)cc2F)CC1. The molecule has 106 valence electrons. The van der Waals surface area contributed by atoms with Crippen molar-refractivity contribution in [2.75, 3.05) is 13.2 Å². The first-order valence-electron chi connectivity index (χ1n) is 6.96. The molecule has 0 unspecified atom stereocenters. The normalized spacial score (nSPS) is 23.3. The van der Waals surface area contributed by atoms with Gasteiger partial charge in [-0.15, -0.1) is 0 Å². The Hall–Kier alpha value is -1.16. The number of hydrogen-bond donors (Lipinski definition) is 1. The molecule has 1 aromatic rings. The van der Waals surface area contributed by atoms with E-state index < -0.39 is 11.6 Å². The van der Waals surface area contributed by atoms with Gasteiger partial charge in [-0.3, -0.25) is 0 Å². The number of benzene rings is 1. The Morgan fingerprint density at radius 1 is 1.21 bits per heavy atom. The number of nitrogens with one attached hydrogen (secondary N) is 1. The van der Waals surface area contributed by atoms with Crippen LogP contribution in [0.1, 0.15) is 32.6 Å². The molecule has 0 spiro atoms. The largest absolute Gasteiger partial charge is 0.489 e. The third kappa shape index (κ3) is 4.46. The van der Waals surface area contributed by atoms with Gasteiger partial charge in [-0.2, -0.15) is 0 Å². The molecule has 1 aliphatic carbocycles. The maximum atomic E-state index is 13.3. The van der Waals surface area contributed by atoms with E-state index in [0.717, 1.165) is 12.0 Å². The minimum atomic E-state index is -0.647. The quantitative estimate of drug-likeness (QED) is 0.826. The smallest absolute Gasteiger partial charge is 0.167 e. The predicted octanol–water partition coefficient (Wildman–Crippen LogP) is 3.51.